The Kier molecular flexibility index (Phi) is 3.79. The van der Waals surface area contributed by atoms with Crippen LogP contribution in [0.5, 0.6) is 0 Å². The highest BCUT2D eigenvalue weighted by molar-refractivity contribution is 5.79. The minimum absolute atomic E-state index is 0.187. The quantitative estimate of drug-likeness (QED) is 0.850. The van der Waals surface area contributed by atoms with Crippen LogP contribution in [0.4, 0.5) is 0 Å². The van der Waals surface area contributed by atoms with Gasteiger partial charge in [-0.2, -0.15) is 0 Å². The monoisotopic (exact) mass is 232 g/mol. The van der Waals surface area contributed by atoms with Gasteiger partial charge >= 0.3 is 0 Å². The molecule has 0 aromatic heterocycles. The second-order valence-electron chi connectivity index (χ2n) is 4.66. The number of carbonyl (C=O) groups excluding carboxylic acids is 1. The van der Waals surface area contributed by atoms with Crippen LogP contribution in [0.25, 0.3) is 0 Å². The van der Waals surface area contributed by atoms with Crippen LogP contribution in [-0.4, -0.2) is 37.0 Å². The fourth-order valence-electron chi connectivity index (χ4n) is 2.20. The molecule has 1 saturated heterocycles. The molecule has 0 radical (unpaired) electrons. The van der Waals surface area contributed by atoms with E-state index in [-0.39, 0.29) is 11.9 Å². The van der Waals surface area contributed by atoms with Gasteiger partial charge in [-0.3, -0.25) is 4.79 Å². The number of amides is 1. The molecule has 0 spiro atoms. The maximum atomic E-state index is 11.6. The zero-order valence-electron chi connectivity index (χ0n) is 10.6. The lowest BCUT2D eigenvalue weighted by molar-refractivity contribution is -0.133. The molecule has 1 aromatic carbocycles. The van der Waals surface area contributed by atoms with E-state index in [1.54, 1.807) is 0 Å². The summed E-state index contributed by atoms with van der Waals surface area (Å²) in [6.45, 7) is 3.52. The van der Waals surface area contributed by atoms with Gasteiger partial charge in [-0.15, -0.1) is 0 Å². The van der Waals surface area contributed by atoms with Gasteiger partial charge in [0.15, 0.2) is 0 Å². The van der Waals surface area contributed by atoms with Gasteiger partial charge in [-0.25, -0.2) is 0 Å². The summed E-state index contributed by atoms with van der Waals surface area (Å²) >= 11 is 0. The van der Waals surface area contributed by atoms with Gasteiger partial charge in [-0.05, 0) is 24.0 Å². The SMILES string of the molecule is CCc1ccc(CC2CNCC(=O)N2C)cc1. The van der Waals surface area contributed by atoms with Crippen LogP contribution in [0.15, 0.2) is 24.3 Å². The van der Waals surface area contributed by atoms with Crippen LogP contribution in [0, 0.1) is 0 Å². The minimum Gasteiger partial charge on any atom is -0.340 e. The van der Waals surface area contributed by atoms with Gasteiger partial charge in [0.25, 0.3) is 0 Å². The standard InChI is InChI=1S/C14H20N2O/c1-3-11-4-6-12(7-5-11)8-13-9-15-10-14(17)16(13)2/h4-7,13,15H,3,8-10H2,1-2H3. The first-order valence-corrected chi connectivity index (χ1v) is 6.25. The predicted molar refractivity (Wildman–Crippen MR) is 69.0 cm³/mol. The van der Waals surface area contributed by atoms with Gasteiger partial charge in [0, 0.05) is 19.6 Å². The van der Waals surface area contributed by atoms with Crippen LogP contribution >= 0.6 is 0 Å². The number of benzene rings is 1. The zero-order valence-corrected chi connectivity index (χ0v) is 10.6. The lowest BCUT2D eigenvalue weighted by Gasteiger charge is -2.33. The normalized spacial score (nSPS) is 20.7. The minimum atomic E-state index is 0.187. The highest BCUT2D eigenvalue weighted by Gasteiger charge is 2.24. The topological polar surface area (TPSA) is 32.3 Å². The molecular formula is C14H20N2O. The number of likely N-dealkylation sites (N-methyl/N-ethyl adjacent to an activating group) is 1. The van der Waals surface area contributed by atoms with Crippen molar-refractivity contribution in [2.75, 3.05) is 20.1 Å². The maximum absolute atomic E-state index is 11.6. The highest BCUT2D eigenvalue weighted by Crippen LogP contribution is 2.11. The van der Waals surface area contributed by atoms with E-state index in [4.69, 9.17) is 0 Å². The first-order chi connectivity index (χ1) is 8.20. The molecule has 17 heavy (non-hydrogen) atoms. The molecule has 3 nitrogen and oxygen atoms in total. The largest absolute Gasteiger partial charge is 0.340 e. The summed E-state index contributed by atoms with van der Waals surface area (Å²) in [5.41, 5.74) is 2.66. The Morgan fingerprint density at radius 2 is 1.94 bits per heavy atom. The number of piperazine rings is 1. The Labute approximate surface area is 103 Å². The summed E-state index contributed by atoms with van der Waals surface area (Å²) in [4.78, 5) is 13.4. The summed E-state index contributed by atoms with van der Waals surface area (Å²) in [6.07, 6.45) is 2.00. The van der Waals surface area contributed by atoms with Crippen molar-refractivity contribution in [3.8, 4) is 0 Å². The lowest BCUT2D eigenvalue weighted by atomic mass is 10.0. The molecule has 0 saturated carbocycles. The molecule has 2 rings (SSSR count). The van der Waals surface area contributed by atoms with Gasteiger partial charge in [-0.1, -0.05) is 31.2 Å². The van der Waals surface area contributed by atoms with E-state index in [0.29, 0.717) is 6.54 Å². The van der Waals surface area contributed by atoms with E-state index in [2.05, 4.69) is 36.5 Å². The van der Waals surface area contributed by atoms with Gasteiger partial charge in [0.2, 0.25) is 5.91 Å². The summed E-state index contributed by atoms with van der Waals surface area (Å²) in [5.74, 6) is 0.187. The molecule has 1 atom stereocenters. The summed E-state index contributed by atoms with van der Waals surface area (Å²) < 4.78 is 0. The molecule has 1 fully saturated rings. The molecule has 0 aliphatic carbocycles. The van der Waals surface area contributed by atoms with Crippen LogP contribution < -0.4 is 5.32 Å². The molecule has 1 unspecified atom stereocenters. The number of carbonyl (C=O) groups is 1. The third kappa shape index (κ3) is 2.86. The Hall–Kier alpha value is -1.35. The molecule has 1 amide bonds. The second kappa shape index (κ2) is 5.32. The smallest absolute Gasteiger partial charge is 0.236 e. The average Bonchev–Trinajstić information content (AvgIpc) is 2.36. The molecule has 1 N–H and O–H groups in total. The fourth-order valence-corrected chi connectivity index (χ4v) is 2.20. The van der Waals surface area contributed by atoms with Crippen molar-refractivity contribution in [1.82, 2.24) is 10.2 Å². The van der Waals surface area contributed by atoms with Crippen molar-refractivity contribution in [1.29, 1.82) is 0 Å². The van der Waals surface area contributed by atoms with Crippen molar-refractivity contribution < 1.29 is 4.79 Å². The summed E-state index contributed by atoms with van der Waals surface area (Å²) in [7, 11) is 1.90. The number of nitrogens with zero attached hydrogens (tertiary/aromatic N) is 1. The van der Waals surface area contributed by atoms with Crippen LogP contribution in [-0.2, 0) is 17.6 Å². The number of nitrogens with one attached hydrogen (secondary N) is 1. The molecule has 3 heteroatoms. The second-order valence-corrected chi connectivity index (χ2v) is 4.66. The highest BCUT2D eigenvalue weighted by atomic mass is 16.2. The number of hydrogen-bond donors (Lipinski definition) is 1. The van der Waals surface area contributed by atoms with Gasteiger partial charge in [0.1, 0.15) is 0 Å². The molecule has 1 aliphatic rings. The van der Waals surface area contributed by atoms with E-state index in [1.807, 2.05) is 11.9 Å². The third-order valence-corrected chi connectivity index (χ3v) is 3.50. The van der Waals surface area contributed by atoms with Crippen LogP contribution in [0.1, 0.15) is 18.1 Å². The Morgan fingerprint density at radius 1 is 1.29 bits per heavy atom. The van der Waals surface area contributed by atoms with E-state index in [1.165, 1.54) is 11.1 Å². The fraction of sp³-hybridized carbons (Fsp3) is 0.500. The third-order valence-electron chi connectivity index (χ3n) is 3.50. The Balaban J connectivity index is 2.01. The molecule has 1 aromatic rings. The average molecular weight is 232 g/mol. The number of aryl methyl sites for hydroxylation is 1. The molecular weight excluding hydrogens is 212 g/mol. The van der Waals surface area contributed by atoms with E-state index < -0.39 is 0 Å². The van der Waals surface area contributed by atoms with Crippen molar-refractivity contribution >= 4 is 5.91 Å². The number of hydrogen-bond acceptors (Lipinski definition) is 2. The van der Waals surface area contributed by atoms with Gasteiger partial charge < -0.3 is 10.2 Å². The van der Waals surface area contributed by atoms with E-state index in [0.717, 1.165) is 19.4 Å². The molecule has 0 bridgehead atoms. The summed E-state index contributed by atoms with van der Waals surface area (Å²) in [6, 6.07) is 8.97. The zero-order chi connectivity index (χ0) is 12.3. The number of rotatable bonds is 3. The molecule has 1 heterocycles. The Bertz CT molecular complexity index is 386. The Morgan fingerprint density at radius 3 is 2.59 bits per heavy atom. The van der Waals surface area contributed by atoms with Gasteiger partial charge in [0.05, 0.1) is 6.54 Å². The molecule has 92 valence electrons. The maximum Gasteiger partial charge on any atom is 0.236 e. The molecule has 1 aliphatic heterocycles. The van der Waals surface area contributed by atoms with Crippen molar-refractivity contribution in [3.63, 3.8) is 0 Å². The van der Waals surface area contributed by atoms with Crippen LogP contribution in [0.3, 0.4) is 0 Å². The predicted octanol–water partition coefficient (Wildman–Crippen LogP) is 1.22. The van der Waals surface area contributed by atoms with E-state index in [9.17, 15) is 4.79 Å². The first kappa shape index (κ1) is 12.1. The summed E-state index contributed by atoms with van der Waals surface area (Å²) in [5, 5.41) is 3.17. The van der Waals surface area contributed by atoms with Crippen LogP contribution in [0.2, 0.25) is 0 Å². The van der Waals surface area contributed by atoms with Crippen molar-refractivity contribution in [2.24, 2.45) is 0 Å². The van der Waals surface area contributed by atoms with Crippen molar-refractivity contribution in [2.45, 2.75) is 25.8 Å². The van der Waals surface area contributed by atoms with Crippen molar-refractivity contribution in [3.05, 3.63) is 35.4 Å². The lowest BCUT2D eigenvalue weighted by Crippen LogP contribution is -2.53. The first-order valence-electron chi connectivity index (χ1n) is 6.25. The van der Waals surface area contributed by atoms with E-state index >= 15 is 0 Å².